The molecule has 4 fully saturated rings. The average molecular weight is 471 g/mol. The van der Waals surface area contributed by atoms with E-state index in [0.717, 1.165) is 24.0 Å². The zero-order valence-corrected chi connectivity index (χ0v) is 20.6. The maximum Gasteiger partial charge on any atom is 0.309 e. The monoisotopic (exact) mass is 470 g/mol. The van der Waals surface area contributed by atoms with E-state index in [1.807, 2.05) is 19.9 Å². The number of methoxy groups -OCH3 is 1. The standard InChI is InChI=1S/C27H34O7/c1-15-17-7-9-25(4)23(16-8-10-32-14-16)33-22(30)13-27(15,25)34-20-12-19(28)24(2,3)18(26(17,20)5)11-21(29)31-6/h8,10,14,17-18,20,23H,1,7,9,11-13H2,2-6H3/t17?,18?,20?,23?,25-,26+,27+/m0/s1. The normalized spacial score (nSPS) is 42.9. The van der Waals surface area contributed by atoms with Crippen molar-refractivity contribution >= 4 is 17.7 Å². The number of Topliss-reactive ketones (excluding diaryl/α,β-unsaturated/α-hetero) is 1. The zero-order chi connectivity index (χ0) is 24.7. The van der Waals surface area contributed by atoms with E-state index in [1.54, 1.807) is 12.5 Å². The van der Waals surface area contributed by atoms with E-state index in [0.29, 0.717) is 0 Å². The first kappa shape index (κ1) is 23.3. The molecule has 0 aromatic carbocycles. The first-order valence-corrected chi connectivity index (χ1v) is 12.1. The molecular weight excluding hydrogens is 436 g/mol. The minimum Gasteiger partial charge on any atom is -0.472 e. The highest BCUT2D eigenvalue weighted by atomic mass is 16.6. The summed E-state index contributed by atoms with van der Waals surface area (Å²) < 4.78 is 23.2. The number of esters is 2. The minimum absolute atomic E-state index is 0.00254. The third kappa shape index (κ3) is 2.76. The van der Waals surface area contributed by atoms with Crippen LogP contribution in [0.2, 0.25) is 0 Å². The molecule has 1 aromatic rings. The number of carbonyl (C=O) groups excluding carboxylic acids is 3. The fourth-order valence-corrected chi connectivity index (χ4v) is 7.88. The van der Waals surface area contributed by atoms with Gasteiger partial charge in [0.1, 0.15) is 17.5 Å². The Bertz CT molecular complexity index is 1060. The van der Waals surface area contributed by atoms with Gasteiger partial charge in [-0.05, 0) is 36.3 Å². The summed E-state index contributed by atoms with van der Waals surface area (Å²) in [6.07, 6.45) is 4.23. The van der Waals surface area contributed by atoms with Crippen LogP contribution >= 0.6 is 0 Å². The molecule has 1 spiro atoms. The van der Waals surface area contributed by atoms with Crippen LogP contribution in [0.3, 0.4) is 0 Å². The molecule has 1 aromatic heterocycles. The number of ether oxygens (including phenoxy) is 3. The number of hydrogen-bond donors (Lipinski definition) is 0. The van der Waals surface area contributed by atoms with Crippen molar-refractivity contribution < 1.29 is 33.0 Å². The molecule has 7 nitrogen and oxygen atoms in total. The number of carbonyl (C=O) groups is 3. The van der Waals surface area contributed by atoms with E-state index in [-0.39, 0.29) is 48.8 Å². The van der Waals surface area contributed by atoms with Gasteiger partial charge in [-0.2, -0.15) is 0 Å². The third-order valence-corrected chi connectivity index (χ3v) is 9.98. The quantitative estimate of drug-likeness (QED) is 0.472. The number of furan rings is 1. The fraction of sp³-hybridized carbons (Fsp3) is 0.667. The molecule has 184 valence electrons. The summed E-state index contributed by atoms with van der Waals surface area (Å²) in [4.78, 5) is 38.8. The van der Waals surface area contributed by atoms with Crippen LogP contribution in [0.25, 0.3) is 0 Å². The minimum atomic E-state index is -0.949. The van der Waals surface area contributed by atoms with Crippen molar-refractivity contribution in [2.24, 2.45) is 28.1 Å². The molecule has 7 atom stereocenters. The van der Waals surface area contributed by atoms with Crippen molar-refractivity contribution in [3.63, 3.8) is 0 Å². The van der Waals surface area contributed by atoms with E-state index in [9.17, 15) is 14.4 Å². The van der Waals surface area contributed by atoms with Gasteiger partial charge in [0, 0.05) is 34.7 Å². The Labute approximate surface area is 200 Å². The highest BCUT2D eigenvalue weighted by Gasteiger charge is 2.73. The predicted molar refractivity (Wildman–Crippen MR) is 121 cm³/mol. The lowest BCUT2D eigenvalue weighted by Gasteiger charge is -2.70. The fourth-order valence-electron chi connectivity index (χ4n) is 7.88. The molecule has 3 heterocycles. The number of fused-ring (bicyclic) bond motifs is 3. The van der Waals surface area contributed by atoms with Crippen molar-refractivity contribution in [1.82, 2.24) is 0 Å². The Morgan fingerprint density at radius 1 is 1.24 bits per heavy atom. The lowest BCUT2D eigenvalue weighted by molar-refractivity contribution is -0.298. The molecule has 0 N–H and O–H groups in total. The van der Waals surface area contributed by atoms with Gasteiger partial charge in [-0.3, -0.25) is 14.4 Å². The molecule has 2 bridgehead atoms. The Balaban J connectivity index is 1.63. The molecule has 34 heavy (non-hydrogen) atoms. The van der Waals surface area contributed by atoms with Gasteiger partial charge in [-0.15, -0.1) is 0 Å². The Hall–Kier alpha value is -2.41. The summed E-state index contributed by atoms with van der Waals surface area (Å²) in [6, 6.07) is 1.82. The van der Waals surface area contributed by atoms with Gasteiger partial charge >= 0.3 is 11.9 Å². The number of rotatable bonds is 3. The Kier molecular flexibility index (Phi) is 5.01. The van der Waals surface area contributed by atoms with E-state index in [4.69, 9.17) is 18.6 Å². The van der Waals surface area contributed by atoms with Crippen LogP contribution in [0.15, 0.2) is 35.2 Å². The molecule has 2 saturated carbocycles. The second-order valence-electron chi connectivity index (χ2n) is 11.6. The summed E-state index contributed by atoms with van der Waals surface area (Å²) in [5, 5.41) is 0. The molecule has 4 unspecified atom stereocenters. The summed E-state index contributed by atoms with van der Waals surface area (Å²) in [6.45, 7) is 12.6. The molecular formula is C27H34O7. The second kappa shape index (κ2) is 7.30. The van der Waals surface area contributed by atoms with Gasteiger partial charge in [-0.1, -0.05) is 34.3 Å². The van der Waals surface area contributed by atoms with Crippen LogP contribution in [0, 0.1) is 28.1 Å². The van der Waals surface area contributed by atoms with Crippen LogP contribution < -0.4 is 0 Å². The third-order valence-electron chi connectivity index (χ3n) is 9.98. The van der Waals surface area contributed by atoms with E-state index in [2.05, 4.69) is 20.4 Å². The summed E-state index contributed by atoms with van der Waals surface area (Å²) in [5.74, 6) is -0.889. The van der Waals surface area contributed by atoms with Crippen molar-refractivity contribution in [3.8, 4) is 0 Å². The van der Waals surface area contributed by atoms with Gasteiger partial charge < -0.3 is 18.6 Å². The maximum atomic E-state index is 13.4. The van der Waals surface area contributed by atoms with Gasteiger partial charge in [0.2, 0.25) is 0 Å². The molecule has 0 amide bonds. The molecule has 4 aliphatic rings. The first-order valence-electron chi connectivity index (χ1n) is 12.1. The molecule has 0 radical (unpaired) electrons. The lowest BCUT2D eigenvalue weighted by atomic mass is 9.41. The lowest BCUT2D eigenvalue weighted by Crippen LogP contribution is -2.72. The summed E-state index contributed by atoms with van der Waals surface area (Å²) in [7, 11) is 1.38. The number of ketones is 1. The Morgan fingerprint density at radius 2 is 1.97 bits per heavy atom. The van der Waals surface area contributed by atoms with Gasteiger partial charge in [0.15, 0.2) is 0 Å². The van der Waals surface area contributed by atoms with Crippen LogP contribution in [0.1, 0.15) is 71.5 Å². The molecule has 5 rings (SSSR count). The smallest absolute Gasteiger partial charge is 0.309 e. The number of hydrogen-bond acceptors (Lipinski definition) is 7. The Morgan fingerprint density at radius 3 is 2.62 bits per heavy atom. The second-order valence-corrected chi connectivity index (χ2v) is 11.6. The van der Waals surface area contributed by atoms with Crippen LogP contribution in [0.4, 0.5) is 0 Å². The van der Waals surface area contributed by atoms with Crippen molar-refractivity contribution in [1.29, 1.82) is 0 Å². The molecule has 7 heteroatoms. The topological polar surface area (TPSA) is 92.0 Å². The van der Waals surface area contributed by atoms with Crippen molar-refractivity contribution in [2.75, 3.05) is 7.11 Å². The SMILES string of the molecule is C=C1C2CC[C@@]3(C)C(c4ccoc4)OC(=O)C[C@@]13OC1CC(=O)C(C)(C)C(CC(=O)OC)[C@]12C. The van der Waals surface area contributed by atoms with Crippen LogP contribution in [0.5, 0.6) is 0 Å². The highest BCUT2D eigenvalue weighted by molar-refractivity contribution is 5.87. The van der Waals surface area contributed by atoms with Crippen molar-refractivity contribution in [2.45, 2.75) is 77.6 Å². The van der Waals surface area contributed by atoms with E-state index in [1.165, 1.54) is 7.11 Å². The van der Waals surface area contributed by atoms with E-state index >= 15 is 0 Å². The molecule has 2 saturated heterocycles. The van der Waals surface area contributed by atoms with Crippen molar-refractivity contribution in [3.05, 3.63) is 36.3 Å². The number of cyclic esters (lactones) is 1. The highest BCUT2D eigenvalue weighted by Crippen LogP contribution is 2.71. The zero-order valence-electron chi connectivity index (χ0n) is 20.6. The summed E-state index contributed by atoms with van der Waals surface area (Å²) >= 11 is 0. The van der Waals surface area contributed by atoms with E-state index < -0.39 is 34.1 Å². The van der Waals surface area contributed by atoms with Crippen LogP contribution in [-0.4, -0.2) is 36.5 Å². The average Bonchev–Trinajstić information content (AvgIpc) is 3.30. The summed E-state index contributed by atoms with van der Waals surface area (Å²) in [5.41, 5.74) is -1.05. The molecule has 2 aliphatic carbocycles. The van der Waals surface area contributed by atoms with Gasteiger partial charge in [-0.25, -0.2) is 0 Å². The van der Waals surface area contributed by atoms with Crippen LogP contribution in [-0.2, 0) is 28.6 Å². The largest absolute Gasteiger partial charge is 0.472 e. The predicted octanol–water partition coefficient (Wildman–Crippen LogP) is 4.56. The van der Waals surface area contributed by atoms with Gasteiger partial charge in [0.25, 0.3) is 0 Å². The molecule has 2 aliphatic heterocycles. The maximum absolute atomic E-state index is 13.4. The first-order chi connectivity index (χ1) is 15.9. The van der Waals surface area contributed by atoms with Gasteiger partial charge in [0.05, 0.1) is 32.2 Å².